The number of aryl methyl sites for hydroxylation is 1. The van der Waals surface area contributed by atoms with Gasteiger partial charge in [0, 0.05) is 17.8 Å². The minimum absolute atomic E-state index is 0.417. The van der Waals surface area contributed by atoms with Gasteiger partial charge in [0.1, 0.15) is 12.1 Å². The molecule has 1 unspecified atom stereocenters. The number of ether oxygens (including phenoxy) is 1. The van der Waals surface area contributed by atoms with Crippen LogP contribution in [0, 0.1) is 6.92 Å². The number of hydrogen-bond acceptors (Lipinski definition) is 6. The van der Waals surface area contributed by atoms with E-state index < -0.39 is 6.04 Å². The smallest absolute Gasteiger partial charge is 0.216 e. The molecule has 0 spiro atoms. The molecule has 18 heavy (non-hydrogen) atoms. The summed E-state index contributed by atoms with van der Waals surface area (Å²) in [5, 5.41) is 0. The van der Waals surface area contributed by atoms with Crippen LogP contribution in [-0.2, 0) is 0 Å². The first-order valence-electron chi connectivity index (χ1n) is 5.46. The van der Waals surface area contributed by atoms with E-state index in [-0.39, 0.29) is 0 Å². The summed E-state index contributed by atoms with van der Waals surface area (Å²) in [5.74, 6) is 0.885. The van der Waals surface area contributed by atoms with Crippen molar-refractivity contribution in [2.45, 2.75) is 13.0 Å². The highest BCUT2D eigenvalue weighted by Gasteiger charge is 2.17. The van der Waals surface area contributed by atoms with Gasteiger partial charge in [-0.25, -0.2) is 15.0 Å². The van der Waals surface area contributed by atoms with Crippen molar-refractivity contribution >= 4 is 5.82 Å². The molecular formula is C12H15N5O. The van der Waals surface area contributed by atoms with Crippen LogP contribution in [0.1, 0.15) is 22.9 Å². The lowest BCUT2D eigenvalue weighted by molar-refractivity contribution is 0.395. The lowest BCUT2D eigenvalue weighted by Crippen LogP contribution is -2.17. The largest absolute Gasteiger partial charge is 0.481 e. The Hall–Kier alpha value is -2.21. The van der Waals surface area contributed by atoms with E-state index in [1.807, 2.05) is 13.0 Å². The van der Waals surface area contributed by atoms with Gasteiger partial charge in [-0.3, -0.25) is 0 Å². The molecule has 0 amide bonds. The van der Waals surface area contributed by atoms with E-state index in [1.165, 1.54) is 6.33 Å². The van der Waals surface area contributed by atoms with Crippen molar-refractivity contribution in [1.82, 2.24) is 15.0 Å². The summed E-state index contributed by atoms with van der Waals surface area (Å²) < 4.78 is 5.05. The van der Waals surface area contributed by atoms with E-state index in [2.05, 4.69) is 15.0 Å². The Morgan fingerprint density at radius 3 is 2.72 bits per heavy atom. The fourth-order valence-electron chi connectivity index (χ4n) is 1.78. The molecule has 0 saturated heterocycles. The summed E-state index contributed by atoms with van der Waals surface area (Å²) in [6, 6.07) is 3.11. The molecule has 6 nitrogen and oxygen atoms in total. The molecule has 1 atom stereocenters. The topological polar surface area (TPSA) is 99.9 Å². The van der Waals surface area contributed by atoms with Crippen molar-refractivity contribution in [1.29, 1.82) is 0 Å². The highest BCUT2D eigenvalue weighted by atomic mass is 16.5. The molecule has 2 aromatic heterocycles. The van der Waals surface area contributed by atoms with Crippen LogP contribution in [0.2, 0.25) is 0 Å². The zero-order valence-corrected chi connectivity index (χ0v) is 10.3. The van der Waals surface area contributed by atoms with Crippen LogP contribution in [0.15, 0.2) is 24.7 Å². The van der Waals surface area contributed by atoms with Gasteiger partial charge >= 0.3 is 0 Å². The van der Waals surface area contributed by atoms with Crippen LogP contribution in [-0.4, -0.2) is 22.1 Å². The summed E-state index contributed by atoms with van der Waals surface area (Å²) in [5.41, 5.74) is 14.4. The third-order valence-corrected chi connectivity index (χ3v) is 2.74. The minimum Gasteiger partial charge on any atom is -0.481 e. The lowest BCUT2D eigenvalue weighted by atomic mass is 10.0. The fraction of sp³-hybridized carbons (Fsp3) is 0.250. The summed E-state index contributed by atoms with van der Waals surface area (Å²) in [4.78, 5) is 12.1. The van der Waals surface area contributed by atoms with Gasteiger partial charge in [0.15, 0.2) is 0 Å². The Kier molecular flexibility index (Phi) is 3.38. The summed E-state index contributed by atoms with van der Waals surface area (Å²) in [6.45, 7) is 1.94. The quantitative estimate of drug-likeness (QED) is 0.830. The van der Waals surface area contributed by atoms with Gasteiger partial charge in [0.25, 0.3) is 0 Å². The standard InChI is InChI=1S/C12H15N5O/c1-7-3-4-15-12(14)10(7)11(13)8-5-9(18-2)17-6-16-8/h3-6,11H,13H2,1-2H3,(H2,14,15). The Balaban J connectivity index is 2.44. The number of pyridine rings is 1. The van der Waals surface area contributed by atoms with Gasteiger partial charge < -0.3 is 16.2 Å². The molecule has 2 heterocycles. The number of anilines is 1. The summed E-state index contributed by atoms with van der Waals surface area (Å²) in [6.07, 6.45) is 3.07. The monoisotopic (exact) mass is 245 g/mol. The Morgan fingerprint density at radius 1 is 1.28 bits per heavy atom. The van der Waals surface area contributed by atoms with Crippen molar-refractivity contribution in [2.75, 3.05) is 12.8 Å². The third kappa shape index (κ3) is 2.23. The molecule has 6 heteroatoms. The average molecular weight is 245 g/mol. The lowest BCUT2D eigenvalue weighted by Gasteiger charge is -2.16. The van der Waals surface area contributed by atoms with Crippen LogP contribution in [0.25, 0.3) is 0 Å². The Bertz CT molecular complexity index is 538. The first kappa shape index (κ1) is 12.3. The number of rotatable bonds is 3. The maximum absolute atomic E-state index is 6.18. The molecule has 0 radical (unpaired) electrons. The van der Waals surface area contributed by atoms with Crippen LogP contribution in [0.4, 0.5) is 5.82 Å². The van der Waals surface area contributed by atoms with Gasteiger partial charge in [0.05, 0.1) is 18.8 Å². The van der Waals surface area contributed by atoms with Crippen LogP contribution < -0.4 is 16.2 Å². The molecule has 0 bridgehead atoms. The molecule has 0 saturated carbocycles. The molecule has 0 aliphatic rings. The molecule has 4 N–H and O–H groups in total. The van der Waals surface area contributed by atoms with Gasteiger partial charge in [-0.2, -0.15) is 0 Å². The Labute approximate surface area is 105 Å². The van der Waals surface area contributed by atoms with E-state index in [0.29, 0.717) is 17.4 Å². The molecular weight excluding hydrogens is 230 g/mol. The summed E-state index contributed by atoms with van der Waals surface area (Å²) in [7, 11) is 1.54. The van der Waals surface area contributed by atoms with E-state index >= 15 is 0 Å². The maximum atomic E-state index is 6.18. The number of nitrogens with two attached hydrogens (primary N) is 2. The first-order valence-corrected chi connectivity index (χ1v) is 5.46. The number of aromatic nitrogens is 3. The second-order valence-electron chi connectivity index (χ2n) is 3.89. The zero-order chi connectivity index (χ0) is 13.1. The van der Waals surface area contributed by atoms with Crippen molar-refractivity contribution in [3.05, 3.63) is 41.5 Å². The van der Waals surface area contributed by atoms with Gasteiger partial charge in [0.2, 0.25) is 5.88 Å². The van der Waals surface area contributed by atoms with Crippen molar-refractivity contribution in [2.24, 2.45) is 5.73 Å². The molecule has 0 aliphatic carbocycles. The van der Waals surface area contributed by atoms with Crippen molar-refractivity contribution in [3.63, 3.8) is 0 Å². The second kappa shape index (κ2) is 4.97. The van der Waals surface area contributed by atoms with Crippen LogP contribution in [0.3, 0.4) is 0 Å². The van der Waals surface area contributed by atoms with Gasteiger partial charge in [-0.1, -0.05) is 0 Å². The number of methoxy groups -OCH3 is 1. The van der Waals surface area contributed by atoms with Crippen LogP contribution in [0.5, 0.6) is 5.88 Å². The molecule has 0 fully saturated rings. The van der Waals surface area contributed by atoms with Crippen molar-refractivity contribution in [3.8, 4) is 5.88 Å². The molecule has 0 aromatic carbocycles. The normalized spacial score (nSPS) is 12.2. The Morgan fingerprint density at radius 2 is 2.06 bits per heavy atom. The number of nitrogen functional groups attached to an aromatic ring is 1. The predicted molar refractivity (Wildman–Crippen MR) is 68.0 cm³/mol. The second-order valence-corrected chi connectivity index (χ2v) is 3.89. The highest BCUT2D eigenvalue weighted by Crippen LogP contribution is 2.26. The van der Waals surface area contributed by atoms with E-state index in [1.54, 1.807) is 19.4 Å². The minimum atomic E-state index is -0.449. The fourth-order valence-corrected chi connectivity index (χ4v) is 1.78. The molecule has 94 valence electrons. The first-order chi connectivity index (χ1) is 8.63. The highest BCUT2D eigenvalue weighted by molar-refractivity contribution is 5.48. The number of nitrogens with zero attached hydrogens (tertiary/aromatic N) is 3. The van der Waals surface area contributed by atoms with Gasteiger partial charge in [-0.05, 0) is 18.6 Å². The van der Waals surface area contributed by atoms with Crippen LogP contribution >= 0.6 is 0 Å². The predicted octanol–water partition coefficient (Wildman–Crippen LogP) is 0.819. The van der Waals surface area contributed by atoms with Crippen molar-refractivity contribution < 1.29 is 4.74 Å². The van der Waals surface area contributed by atoms with Gasteiger partial charge in [-0.15, -0.1) is 0 Å². The van der Waals surface area contributed by atoms with E-state index in [9.17, 15) is 0 Å². The molecule has 2 aromatic rings. The third-order valence-electron chi connectivity index (χ3n) is 2.74. The average Bonchev–Trinajstić information content (AvgIpc) is 2.38. The zero-order valence-electron chi connectivity index (χ0n) is 10.3. The SMILES string of the molecule is COc1cc(C(N)c2c(C)ccnc2N)ncn1. The number of hydrogen-bond donors (Lipinski definition) is 2. The van der Waals surface area contributed by atoms with E-state index in [4.69, 9.17) is 16.2 Å². The molecule has 0 aliphatic heterocycles. The van der Waals surface area contributed by atoms with E-state index in [0.717, 1.165) is 11.1 Å². The molecule has 2 rings (SSSR count). The summed E-state index contributed by atoms with van der Waals surface area (Å²) >= 11 is 0. The maximum Gasteiger partial charge on any atom is 0.216 e.